The quantitative estimate of drug-likeness (QED) is 0.743. The molecular weight excluding hydrogens is 214 g/mol. The molecule has 0 radical (unpaired) electrons. The fourth-order valence-corrected chi connectivity index (χ4v) is 2.81. The normalized spacial score (nSPS) is 26.4. The van der Waals surface area contributed by atoms with E-state index in [9.17, 15) is 4.79 Å². The van der Waals surface area contributed by atoms with Gasteiger partial charge in [-0.1, -0.05) is 0 Å². The van der Waals surface area contributed by atoms with Gasteiger partial charge in [0.05, 0.1) is 6.54 Å². The Morgan fingerprint density at radius 3 is 2.82 bits per heavy atom. The number of carbonyl (C=O) groups is 1. The summed E-state index contributed by atoms with van der Waals surface area (Å²) >= 11 is 0. The van der Waals surface area contributed by atoms with Crippen molar-refractivity contribution in [1.82, 2.24) is 15.5 Å². The fourth-order valence-electron chi connectivity index (χ4n) is 2.81. The molecule has 2 saturated heterocycles. The van der Waals surface area contributed by atoms with Gasteiger partial charge < -0.3 is 15.5 Å². The van der Waals surface area contributed by atoms with Crippen molar-refractivity contribution < 1.29 is 4.79 Å². The molecule has 2 atom stereocenters. The van der Waals surface area contributed by atoms with Gasteiger partial charge in [-0.3, -0.25) is 4.79 Å². The van der Waals surface area contributed by atoms with Crippen molar-refractivity contribution >= 4 is 5.91 Å². The van der Waals surface area contributed by atoms with Crippen LogP contribution in [0.1, 0.15) is 39.0 Å². The zero-order valence-corrected chi connectivity index (χ0v) is 10.9. The van der Waals surface area contributed by atoms with E-state index in [1.807, 2.05) is 4.90 Å². The highest BCUT2D eigenvalue weighted by Crippen LogP contribution is 2.11. The zero-order valence-electron chi connectivity index (χ0n) is 10.9. The summed E-state index contributed by atoms with van der Waals surface area (Å²) in [4.78, 5) is 13.8. The molecule has 0 aromatic rings. The number of carbonyl (C=O) groups excluding carboxylic acids is 1. The fraction of sp³-hybridized carbons (Fsp3) is 0.923. The van der Waals surface area contributed by atoms with Crippen LogP contribution in [0.3, 0.4) is 0 Å². The Balaban J connectivity index is 1.61. The first-order valence-electron chi connectivity index (χ1n) is 7.00. The lowest BCUT2D eigenvalue weighted by Crippen LogP contribution is -2.41. The van der Waals surface area contributed by atoms with Gasteiger partial charge in [-0.2, -0.15) is 0 Å². The van der Waals surface area contributed by atoms with E-state index >= 15 is 0 Å². The third-order valence-electron chi connectivity index (χ3n) is 3.86. The van der Waals surface area contributed by atoms with Crippen LogP contribution in [-0.4, -0.2) is 49.1 Å². The largest absolute Gasteiger partial charge is 0.342 e. The monoisotopic (exact) mass is 239 g/mol. The lowest BCUT2D eigenvalue weighted by atomic mass is 10.1. The molecular formula is C13H25N3O. The predicted molar refractivity (Wildman–Crippen MR) is 68.9 cm³/mol. The van der Waals surface area contributed by atoms with E-state index in [-0.39, 0.29) is 5.91 Å². The highest BCUT2D eigenvalue weighted by Gasteiger charge is 2.20. The minimum absolute atomic E-state index is 0.272. The van der Waals surface area contributed by atoms with E-state index in [4.69, 9.17) is 0 Å². The predicted octanol–water partition coefficient (Wildman–Crippen LogP) is 0.729. The maximum Gasteiger partial charge on any atom is 0.236 e. The van der Waals surface area contributed by atoms with E-state index in [1.54, 1.807) is 0 Å². The van der Waals surface area contributed by atoms with Crippen molar-refractivity contribution in [3.63, 3.8) is 0 Å². The van der Waals surface area contributed by atoms with Crippen LogP contribution in [0, 0.1) is 0 Å². The molecule has 0 spiro atoms. The molecule has 0 bridgehead atoms. The van der Waals surface area contributed by atoms with Crippen molar-refractivity contribution in [2.75, 3.05) is 26.2 Å². The third-order valence-corrected chi connectivity index (χ3v) is 3.86. The maximum absolute atomic E-state index is 11.8. The second-order valence-electron chi connectivity index (χ2n) is 5.40. The Hall–Kier alpha value is -0.610. The number of nitrogens with one attached hydrogen (secondary N) is 2. The summed E-state index contributed by atoms with van der Waals surface area (Å²) in [6.45, 7) is 5.76. The molecule has 2 unspecified atom stereocenters. The lowest BCUT2D eigenvalue weighted by molar-refractivity contribution is -0.129. The molecule has 0 aromatic heterocycles. The summed E-state index contributed by atoms with van der Waals surface area (Å²) in [6.07, 6.45) is 6.06. The van der Waals surface area contributed by atoms with E-state index in [0.29, 0.717) is 18.6 Å². The standard InChI is InChI=1S/C13H25N3O/c1-11(9-12-5-4-6-14-12)15-10-13(17)16-7-2-3-8-16/h11-12,14-15H,2-10H2,1H3. The molecule has 1 amide bonds. The Morgan fingerprint density at radius 2 is 2.18 bits per heavy atom. The van der Waals surface area contributed by atoms with Crippen LogP contribution in [0.25, 0.3) is 0 Å². The molecule has 2 heterocycles. The van der Waals surface area contributed by atoms with Crippen molar-refractivity contribution in [2.24, 2.45) is 0 Å². The first kappa shape index (κ1) is 12.8. The molecule has 4 nitrogen and oxygen atoms in total. The Kier molecular flexibility index (Phi) is 4.80. The first-order valence-corrected chi connectivity index (χ1v) is 7.00. The van der Waals surface area contributed by atoms with Crippen LogP contribution in [0.15, 0.2) is 0 Å². The molecule has 4 heteroatoms. The van der Waals surface area contributed by atoms with Crippen molar-refractivity contribution in [1.29, 1.82) is 0 Å². The van der Waals surface area contributed by atoms with E-state index in [0.717, 1.165) is 26.1 Å². The van der Waals surface area contributed by atoms with Crippen LogP contribution < -0.4 is 10.6 Å². The number of rotatable bonds is 5. The molecule has 2 N–H and O–H groups in total. The Morgan fingerprint density at radius 1 is 1.41 bits per heavy atom. The Bertz CT molecular complexity index is 245. The zero-order chi connectivity index (χ0) is 12.1. The van der Waals surface area contributed by atoms with Gasteiger partial charge in [0.25, 0.3) is 0 Å². The number of amides is 1. The average molecular weight is 239 g/mol. The summed E-state index contributed by atoms with van der Waals surface area (Å²) in [5.41, 5.74) is 0. The van der Waals surface area contributed by atoms with Crippen LogP contribution in [-0.2, 0) is 4.79 Å². The summed E-state index contributed by atoms with van der Waals surface area (Å²) in [7, 11) is 0. The molecule has 98 valence electrons. The van der Waals surface area contributed by atoms with Gasteiger partial charge >= 0.3 is 0 Å². The van der Waals surface area contributed by atoms with Crippen LogP contribution in [0.4, 0.5) is 0 Å². The minimum atomic E-state index is 0.272. The molecule has 2 rings (SSSR count). The molecule has 0 saturated carbocycles. The number of nitrogens with zero attached hydrogens (tertiary/aromatic N) is 1. The van der Waals surface area contributed by atoms with E-state index in [2.05, 4.69) is 17.6 Å². The molecule has 0 aromatic carbocycles. The van der Waals surface area contributed by atoms with Gasteiger partial charge in [-0.15, -0.1) is 0 Å². The summed E-state index contributed by atoms with van der Waals surface area (Å²) < 4.78 is 0. The average Bonchev–Trinajstić information content (AvgIpc) is 2.97. The van der Waals surface area contributed by atoms with E-state index < -0.39 is 0 Å². The van der Waals surface area contributed by atoms with Crippen molar-refractivity contribution in [3.8, 4) is 0 Å². The van der Waals surface area contributed by atoms with Gasteiger partial charge in [-0.05, 0) is 45.6 Å². The van der Waals surface area contributed by atoms with Crippen LogP contribution in [0.2, 0.25) is 0 Å². The highest BCUT2D eigenvalue weighted by atomic mass is 16.2. The van der Waals surface area contributed by atoms with Crippen molar-refractivity contribution in [3.05, 3.63) is 0 Å². The summed E-state index contributed by atoms with van der Waals surface area (Å²) in [5, 5.41) is 6.85. The maximum atomic E-state index is 11.8. The van der Waals surface area contributed by atoms with E-state index in [1.165, 1.54) is 25.7 Å². The topological polar surface area (TPSA) is 44.4 Å². The number of hydrogen-bond acceptors (Lipinski definition) is 3. The Labute approximate surface area is 104 Å². The number of likely N-dealkylation sites (tertiary alicyclic amines) is 1. The third kappa shape index (κ3) is 3.96. The SMILES string of the molecule is CC(CC1CCCN1)NCC(=O)N1CCCC1. The van der Waals surface area contributed by atoms with Gasteiger partial charge in [0.2, 0.25) is 5.91 Å². The van der Waals surface area contributed by atoms with Gasteiger partial charge in [0.1, 0.15) is 0 Å². The number of hydrogen-bond donors (Lipinski definition) is 2. The summed E-state index contributed by atoms with van der Waals surface area (Å²) in [5.74, 6) is 0.272. The molecule has 0 aliphatic carbocycles. The van der Waals surface area contributed by atoms with Crippen molar-refractivity contribution in [2.45, 2.75) is 51.1 Å². The van der Waals surface area contributed by atoms with Gasteiger partial charge in [-0.25, -0.2) is 0 Å². The first-order chi connectivity index (χ1) is 8.25. The smallest absolute Gasteiger partial charge is 0.236 e. The second kappa shape index (κ2) is 6.36. The second-order valence-corrected chi connectivity index (χ2v) is 5.40. The van der Waals surface area contributed by atoms with Gasteiger partial charge in [0.15, 0.2) is 0 Å². The summed E-state index contributed by atoms with van der Waals surface area (Å²) in [6, 6.07) is 1.08. The highest BCUT2D eigenvalue weighted by molar-refractivity contribution is 5.78. The minimum Gasteiger partial charge on any atom is -0.342 e. The molecule has 2 aliphatic heterocycles. The molecule has 17 heavy (non-hydrogen) atoms. The lowest BCUT2D eigenvalue weighted by Gasteiger charge is -2.20. The van der Waals surface area contributed by atoms with Gasteiger partial charge in [0, 0.05) is 25.2 Å². The van der Waals surface area contributed by atoms with Crippen LogP contribution >= 0.6 is 0 Å². The molecule has 2 fully saturated rings. The molecule has 2 aliphatic rings. The van der Waals surface area contributed by atoms with Crippen LogP contribution in [0.5, 0.6) is 0 Å².